The summed E-state index contributed by atoms with van der Waals surface area (Å²) in [4.78, 5) is 9.46. The summed E-state index contributed by atoms with van der Waals surface area (Å²) in [6.07, 6.45) is 4.30. The molecule has 0 unspecified atom stereocenters. The average molecular weight is 233 g/mol. The fourth-order valence-electron chi connectivity index (χ4n) is 2.32. The lowest BCUT2D eigenvalue weighted by Gasteiger charge is -2.19. The van der Waals surface area contributed by atoms with Crippen LogP contribution in [0.1, 0.15) is 50.0 Å². The fraction of sp³-hybridized carbons (Fsp3) is 0.714. The normalized spacial score (nSPS) is 15.1. The van der Waals surface area contributed by atoms with Crippen LogP contribution in [0, 0.1) is 5.92 Å². The van der Waals surface area contributed by atoms with Crippen molar-refractivity contribution in [2.24, 2.45) is 5.92 Å². The lowest BCUT2D eigenvalue weighted by atomic mass is 10.0. The number of aromatic nitrogens is 2. The third-order valence-corrected chi connectivity index (χ3v) is 3.35. The van der Waals surface area contributed by atoms with Crippen LogP contribution in [0.5, 0.6) is 0 Å². The molecule has 94 valence electrons. The van der Waals surface area contributed by atoms with Crippen molar-refractivity contribution in [3.8, 4) is 0 Å². The molecule has 0 atom stereocenters. The van der Waals surface area contributed by atoms with Gasteiger partial charge in [0, 0.05) is 18.7 Å². The monoisotopic (exact) mass is 233 g/mol. The summed E-state index contributed by atoms with van der Waals surface area (Å²) < 4.78 is 0. The summed E-state index contributed by atoms with van der Waals surface area (Å²) >= 11 is 0. The van der Waals surface area contributed by atoms with Crippen molar-refractivity contribution in [2.75, 3.05) is 6.54 Å². The van der Waals surface area contributed by atoms with Gasteiger partial charge in [0.2, 0.25) is 0 Å². The quantitative estimate of drug-likeness (QED) is 0.867. The first-order chi connectivity index (χ1) is 8.20. The molecule has 1 N–H and O–H groups in total. The van der Waals surface area contributed by atoms with Gasteiger partial charge in [-0.2, -0.15) is 0 Å². The maximum atomic E-state index is 4.74. The predicted octanol–water partition coefficient (Wildman–Crippen LogP) is 2.27. The Bertz CT molecular complexity index is 368. The SMILES string of the molecule is CCc1nc(CCC(C)C)nc2c1CCNC2. The number of aryl methyl sites for hydroxylation is 2. The van der Waals surface area contributed by atoms with E-state index >= 15 is 0 Å². The van der Waals surface area contributed by atoms with Gasteiger partial charge in [-0.25, -0.2) is 9.97 Å². The molecule has 0 saturated heterocycles. The standard InChI is InChI=1S/C14H23N3/c1-4-12-11-7-8-15-9-13(11)17-14(16-12)6-5-10(2)3/h10,15H,4-9H2,1-3H3. The van der Waals surface area contributed by atoms with E-state index in [1.807, 2.05) is 0 Å². The number of hydrogen-bond donors (Lipinski definition) is 1. The van der Waals surface area contributed by atoms with Crippen LogP contribution in [0.3, 0.4) is 0 Å². The molecule has 0 bridgehead atoms. The van der Waals surface area contributed by atoms with Crippen LogP contribution in [0.2, 0.25) is 0 Å². The minimum Gasteiger partial charge on any atom is -0.311 e. The second-order valence-corrected chi connectivity index (χ2v) is 5.22. The Morgan fingerprint density at radius 1 is 1.29 bits per heavy atom. The predicted molar refractivity (Wildman–Crippen MR) is 70.0 cm³/mol. The Morgan fingerprint density at radius 3 is 2.82 bits per heavy atom. The highest BCUT2D eigenvalue weighted by molar-refractivity contribution is 5.28. The Labute approximate surface area is 104 Å². The van der Waals surface area contributed by atoms with Gasteiger partial charge in [-0.3, -0.25) is 0 Å². The van der Waals surface area contributed by atoms with Gasteiger partial charge in [0.25, 0.3) is 0 Å². The van der Waals surface area contributed by atoms with E-state index in [1.165, 1.54) is 23.4 Å². The van der Waals surface area contributed by atoms with Crippen molar-refractivity contribution in [3.63, 3.8) is 0 Å². The van der Waals surface area contributed by atoms with Crippen LogP contribution >= 0.6 is 0 Å². The molecule has 0 fully saturated rings. The first-order valence-corrected chi connectivity index (χ1v) is 6.79. The first-order valence-electron chi connectivity index (χ1n) is 6.79. The summed E-state index contributed by atoms with van der Waals surface area (Å²) in [5.74, 6) is 1.76. The van der Waals surface area contributed by atoms with Crippen LogP contribution in [0.4, 0.5) is 0 Å². The lowest BCUT2D eigenvalue weighted by molar-refractivity contribution is 0.561. The molecule has 0 amide bonds. The first kappa shape index (κ1) is 12.5. The van der Waals surface area contributed by atoms with E-state index in [0.717, 1.165) is 44.1 Å². The van der Waals surface area contributed by atoms with Gasteiger partial charge in [-0.05, 0) is 37.3 Å². The molecule has 3 heteroatoms. The number of fused-ring (bicyclic) bond motifs is 1. The minimum atomic E-state index is 0.720. The van der Waals surface area contributed by atoms with E-state index in [2.05, 4.69) is 26.1 Å². The van der Waals surface area contributed by atoms with Crippen molar-refractivity contribution in [1.82, 2.24) is 15.3 Å². The molecule has 0 aromatic carbocycles. The Morgan fingerprint density at radius 2 is 2.12 bits per heavy atom. The van der Waals surface area contributed by atoms with Crippen LogP contribution < -0.4 is 5.32 Å². The molecule has 1 aromatic heterocycles. The molecule has 17 heavy (non-hydrogen) atoms. The zero-order valence-corrected chi connectivity index (χ0v) is 11.2. The van der Waals surface area contributed by atoms with E-state index in [4.69, 9.17) is 9.97 Å². The van der Waals surface area contributed by atoms with Crippen molar-refractivity contribution < 1.29 is 0 Å². The second kappa shape index (κ2) is 5.58. The lowest BCUT2D eigenvalue weighted by Crippen LogP contribution is -2.27. The molecule has 1 aliphatic rings. The molecule has 0 saturated carbocycles. The van der Waals surface area contributed by atoms with Crippen LogP contribution in [0.15, 0.2) is 0 Å². The van der Waals surface area contributed by atoms with Crippen molar-refractivity contribution in [3.05, 3.63) is 22.8 Å². The largest absolute Gasteiger partial charge is 0.311 e. The molecule has 2 rings (SSSR count). The van der Waals surface area contributed by atoms with E-state index in [-0.39, 0.29) is 0 Å². The van der Waals surface area contributed by atoms with Crippen molar-refractivity contribution in [1.29, 1.82) is 0 Å². The van der Waals surface area contributed by atoms with E-state index < -0.39 is 0 Å². The van der Waals surface area contributed by atoms with E-state index in [9.17, 15) is 0 Å². The van der Waals surface area contributed by atoms with Crippen molar-refractivity contribution in [2.45, 2.75) is 53.0 Å². The maximum Gasteiger partial charge on any atom is 0.128 e. The van der Waals surface area contributed by atoms with Gasteiger partial charge in [-0.15, -0.1) is 0 Å². The molecular weight excluding hydrogens is 210 g/mol. The highest BCUT2D eigenvalue weighted by Gasteiger charge is 2.16. The third kappa shape index (κ3) is 3.03. The Balaban J connectivity index is 2.23. The molecule has 3 nitrogen and oxygen atoms in total. The maximum absolute atomic E-state index is 4.74. The summed E-state index contributed by atoms with van der Waals surface area (Å²) in [6.45, 7) is 8.67. The highest BCUT2D eigenvalue weighted by Crippen LogP contribution is 2.17. The number of hydrogen-bond acceptors (Lipinski definition) is 3. The number of nitrogens with one attached hydrogen (secondary N) is 1. The second-order valence-electron chi connectivity index (χ2n) is 5.22. The van der Waals surface area contributed by atoms with Gasteiger partial charge in [0.1, 0.15) is 5.82 Å². The molecular formula is C14H23N3. The van der Waals surface area contributed by atoms with Gasteiger partial charge in [0.15, 0.2) is 0 Å². The molecule has 0 radical (unpaired) electrons. The smallest absolute Gasteiger partial charge is 0.128 e. The van der Waals surface area contributed by atoms with E-state index in [1.54, 1.807) is 0 Å². The molecule has 0 spiro atoms. The average Bonchev–Trinajstić information content (AvgIpc) is 2.35. The number of rotatable bonds is 4. The van der Waals surface area contributed by atoms with Gasteiger partial charge in [-0.1, -0.05) is 20.8 Å². The van der Waals surface area contributed by atoms with Gasteiger partial charge < -0.3 is 5.32 Å². The highest BCUT2D eigenvalue weighted by atomic mass is 15.0. The molecule has 1 aromatic rings. The van der Waals surface area contributed by atoms with Gasteiger partial charge in [0.05, 0.1) is 5.69 Å². The molecule has 2 heterocycles. The summed E-state index contributed by atoms with van der Waals surface area (Å²) in [7, 11) is 0. The number of nitrogens with zero attached hydrogens (tertiary/aromatic N) is 2. The minimum absolute atomic E-state index is 0.720. The van der Waals surface area contributed by atoms with Crippen LogP contribution in [-0.4, -0.2) is 16.5 Å². The fourth-order valence-corrected chi connectivity index (χ4v) is 2.32. The van der Waals surface area contributed by atoms with E-state index in [0.29, 0.717) is 0 Å². The Hall–Kier alpha value is -0.960. The Kier molecular flexibility index (Phi) is 4.11. The van der Waals surface area contributed by atoms with Crippen LogP contribution in [0.25, 0.3) is 0 Å². The van der Waals surface area contributed by atoms with Crippen molar-refractivity contribution >= 4 is 0 Å². The summed E-state index contributed by atoms with van der Waals surface area (Å²) in [5.41, 5.74) is 3.91. The summed E-state index contributed by atoms with van der Waals surface area (Å²) in [5, 5.41) is 3.39. The zero-order valence-electron chi connectivity index (χ0n) is 11.2. The third-order valence-electron chi connectivity index (χ3n) is 3.35. The zero-order chi connectivity index (χ0) is 12.3. The molecule has 1 aliphatic heterocycles. The molecule has 0 aliphatic carbocycles. The summed E-state index contributed by atoms with van der Waals surface area (Å²) in [6, 6.07) is 0. The van der Waals surface area contributed by atoms with Gasteiger partial charge >= 0.3 is 0 Å². The van der Waals surface area contributed by atoms with Crippen LogP contribution in [-0.2, 0) is 25.8 Å². The topological polar surface area (TPSA) is 37.8 Å².